The summed E-state index contributed by atoms with van der Waals surface area (Å²) >= 11 is 0. The molecule has 0 radical (unpaired) electrons. The Balaban J connectivity index is 1.50. The van der Waals surface area contributed by atoms with Gasteiger partial charge in [-0.15, -0.1) is 0 Å². The summed E-state index contributed by atoms with van der Waals surface area (Å²) in [4.78, 5) is 36.6. The minimum atomic E-state index is -3.65. The van der Waals surface area contributed by atoms with E-state index in [2.05, 4.69) is 20.4 Å². The third-order valence-corrected chi connectivity index (χ3v) is 7.43. The first-order valence-corrected chi connectivity index (χ1v) is 13.0. The van der Waals surface area contributed by atoms with E-state index in [0.29, 0.717) is 47.6 Å². The van der Waals surface area contributed by atoms with Gasteiger partial charge in [-0.1, -0.05) is 6.92 Å². The molecule has 1 aliphatic rings. The van der Waals surface area contributed by atoms with Crippen molar-refractivity contribution in [3.8, 4) is 5.75 Å². The molecule has 1 N–H and O–H groups in total. The second-order valence-electron chi connectivity index (χ2n) is 8.86. The maximum absolute atomic E-state index is 13.3. The van der Waals surface area contributed by atoms with E-state index in [4.69, 9.17) is 4.74 Å². The molecular weight excluding hydrogens is 472 g/mol. The highest BCUT2D eigenvalue weighted by atomic mass is 32.2. The van der Waals surface area contributed by atoms with Gasteiger partial charge >= 0.3 is 0 Å². The molecule has 35 heavy (non-hydrogen) atoms. The van der Waals surface area contributed by atoms with Gasteiger partial charge in [0.2, 0.25) is 0 Å². The van der Waals surface area contributed by atoms with Gasteiger partial charge in [-0.25, -0.2) is 13.4 Å². The number of likely N-dealkylation sites (tertiary alicyclic amines) is 1. The Bertz CT molecular complexity index is 1420. The van der Waals surface area contributed by atoms with E-state index in [0.717, 1.165) is 6.26 Å². The predicted octanol–water partition coefficient (Wildman–Crippen LogP) is 1.36. The Hall–Kier alpha value is -3.54. The lowest BCUT2D eigenvalue weighted by molar-refractivity contribution is 0.0632. The number of amides is 2. The van der Waals surface area contributed by atoms with Crippen LogP contribution in [0.1, 0.15) is 39.8 Å². The number of methoxy groups -OCH3 is 1. The third-order valence-electron chi connectivity index (χ3n) is 6.26. The molecule has 11 nitrogen and oxygen atoms in total. The zero-order valence-corrected chi connectivity index (χ0v) is 21.1. The molecule has 2 atom stereocenters. The maximum atomic E-state index is 13.3. The zero-order chi connectivity index (χ0) is 25.5. The summed E-state index contributed by atoms with van der Waals surface area (Å²) in [6, 6.07) is 3.13. The van der Waals surface area contributed by atoms with Crippen LogP contribution in [-0.2, 0) is 16.9 Å². The second kappa shape index (κ2) is 9.25. The third kappa shape index (κ3) is 4.70. The number of hydrogen-bond donors (Lipinski definition) is 1. The quantitative estimate of drug-likeness (QED) is 0.555. The Labute approximate surface area is 203 Å². The van der Waals surface area contributed by atoms with Crippen LogP contribution in [0, 0.1) is 12.8 Å². The molecule has 0 aliphatic carbocycles. The summed E-state index contributed by atoms with van der Waals surface area (Å²) in [5, 5.41) is 6.97. The Morgan fingerprint density at radius 3 is 2.57 bits per heavy atom. The lowest BCUT2D eigenvalue weighted by atomic mass is 9.93. The van der Waals surface area contributed by atoms with Crippen LogP contribution in [-0.4, -0.2) is 77.4 Å². The summed E-state index contributed by atoms with van der Waals surface area (Å²) in [6.45, 7) is 4.41. The van der Waals surface area contributed by atoms with Crippen molar-refractivity contribution in [2.24, 2.45) is 13.0 Å². The molecule has 0 spiro atoms. The Morgan fingerprint density at radius 2 is 1.91 bits per heavy atom. The molecule has 186 valence electrons. The molecule has 4 rings (SSSR count). The number of rotatable bonds is 5. The number of carbonyl (C=O) groups excluding carboxylic acids is 2. The Morgan fingerprint density at radius 1 is 1.20 bits per heavy atom. The van der Waals surface area contributed by atoms with Gasteiger partial charge in [-0.2, -0.15) is 5.10 Å². The van der Waals surface area contributed by atoms with Gasteiger partial charge < -0.3 is 15.0 Å². The van der Waals surface area contributed by atoms with E-state index in [1.54, 1.807) is 36.4 Å². The average Bonchev–Trinajstić information content (AvgIpc) is 3.13. The van der Waals surface area contributed by atoms with E-state index in [-0.39, 0.29) is 28.5 Å². The number of hydrogen-bond acceptors (Lipinski definition) is 8. The van der Waals surface area contributed by atoms with Crippen molar-refractivity contribution in [1.82, 2.24) is 30.0 Å². The summed E-state index contributed by atoms with van der Waals surface area (Å²) in [6.07, 6.45) is 4.71. The van der Waals surface area contributed by atoms with Crippen molar-refractivity contribution in [3.63, 3.8) is 0 Å². The van der Waals surface area contributed by atoms with E-state index in [1.165, 1.54) is 18.8 Å². The van der Waals surface area contributed by atoms with Crippen LogP contribution >= 0.6 is 0 Å². The fourth-order valence-corrected chi connectivity index (χ4v) is 5.75. The van der Waals surface area contributed by atoms with E-state index in [9.17, 15) is 18.0 Å². The largest absolute Gasteiger partial charge is 0.494 e. The molecule has 2 aromatic heterocycles. The fourth-order valence-electron chi connectivity index (χ4n) is 4.61. The monoisotopic (exact) mass is 500 g/mol. The molecule has 3 aromatic rings. The van der Waals surface area contributed by atoms with Crippen LogP contribution in [0.25, 0.3) is 11.0 Å². The predicted molar refractivity (Wildman–Crippen MR) is 128 cm³/mol. The summed E-state index contributed by atoms with van der Waals surface area (Å²) in [7, 11) is -0.627. The number of carbonyl (C=O) groups is 2. The molecule has 2 amide bonds. The molecule has 1 saturated heterocycles. The number of fused-ring (bicyclic) bond motifs is 1. The summed E-state index contributed by atoms with van der Waals surface area (Å²) < 4.78 is 31.1. The molecule has 0 bridgehead atoms. The van der Waals surface area contributed by atoms with E-state index < -0.39 is 15.7 Å². The number of piperidine rings is 1. The average molecular weight is 501 g/mol. The van der Waals surface area contributed by atoms with Gasteiger partial charge in [-0.3, -0.25) is 19.3 Å². The van der Waals surface area contributed by atoms with E-state index in [1.807, 2.05) is 6.92 Å². The van der Waals surface area contributed by atoms with Gasteiger partial charge in [0.15, 0.2) is 14.9 Å². The van der Waals surface area contributed by atoms with Crippen molar-refractivity contribution in [3.05, 3.63) is 41.3 Å². The number of nitrogens with one attached hydrogen (secondary N) is 1. The lowest BCUT2D eigenvalue weighted by Crippen LogP contribution is -2.51. The first kappa shape index (κ1) is 24.6. The molecular formula is C23H28N6O5S. The molecule has 3 heterocycles. The normalized spacial score (nSPS) is 18.5. The van der Waals surface area contributed by atoms with Crippen molar-refractivity contribution in [2.75, 3.05) is 26.5 Å². The minimum absolute atomic E-state index is 0.0579. The lowest BCUT2D eigenvalue weighted by Gasteiger charge is -2.37. The summed E-state index contributed by atoms with van der Waals surface area (Å²) in [5.41, 5.74) is 2.01. The Kier molecular flexibility index (Phi) is 6.50. The number of aromatic nitrogens is 4. The standard InChI is InChI=1S/C23H28N6O5S/c1-13-12-29(22(31)15-10-17-20(18(11-15)34-4)25-8-7-24-17)9-6-16(13)26-21(30)19-14(2)27-28(3)23(19)35(5,32)33/h7-8,10-11,13,16H,6,9,12H2,1-5H3,(H,26,30)/t13-,16+/m0/s1. The minimum Gasteiger partial charge on any atom is -0.494 e. The van der Waals surface area contributed by atoms with Crippen LogP contribution < -0.4 is 10.1 Å². The number of benzene rings is 1. The smallest absolute Gasteiger partial charge is 0.256 e. The first-order chi connectivity index (χ1) is 16.5. The fraction of sp³-hybridized carbons (Fsp3) is 0.435. The van der Waals surface area contributed by atoms with Crippen LogP contribution in [0.5, 0.6) is 5.75 Å². The van der Waals surface area contributed by atoms with Gasteiger partial charge in [0.05, 0.1) is 23.9 Å². The molecule has 0 saturated carbocycles. The highest BCUT2D eigenvalue weighted by Gasteiger charge is 2.33. The SMILES string of the molecule is COc1cc(C(=O)N2CC[C@@H](NC(=O)c3c(C)nn(C)c3S(C)(=O)=O)[C@@H](C)C2)cc2nccnc12. The molecule has 1 aromatic carbocycles. The first-order valence-electron chi connectivity index (χ1n) is 11.1. The summed E-state index contributed by atoms with van der Waals surface area (Å²) in [5.74, 6) is -0.222. The van der Waals surface area contributed by atoms with Gasteiger partial charge in [0.1, 0.15) is 11.3 Å². The highest BCUT2D eigenvalue weighted by Crippen LogP contribution is 2.27. The van der Waals surface area contributed by atoms with E-state index >= 15 is 0 Å². The van der Waals surface area contributed by atoms with Crippen molar-refractivity contribution in [1.29, 1.82) is 0 Å². The number of ether oxygens (including phenoxy) is 1. The van der Waals surface area contributed by atoms with Crippen molar-refractivity contribution < 1.29 is 22.7 Å². The maximum Gasteiger partial charge on any atom is 0.256 e. The van der Waals surface area contributed by atoms with Gasteiger partial charge in [0, 0.05) is 50.4 Å². The van der Waals surface area contributed by atoms with Crippen molar-refractivity contribution in [2.45, 2.75) is 31.3 Å². The van der Waals surface area contributed by atoms with Crippen LogP contribution in [0.3, 0.4) is 0 Å². The molecule has 1 aliphatic heterocycles. The van der Waals surface area contributed by atoms with Crippen LogP contribution in [0.15, 0.2) is 29.6 Å². The van der Waals surface area contributed by atoms with Crippen molar-refractivity contribution >= 4 is 32.7 Å². The molecule has 0 unspecified atom stereocenters. The molecule has 12 heteroatoms. The number of nitrogens with zero attached hydrogens (tertiary/aromatic N) is 5. The molecule has 1 fully saturated rings. The van der Waals surface area contributed by atoms with Gasteiger partial charge in [0.25, 0.3) is 11.8 Å². The van der Waals surface area contributed by atoms with Gasteiger partial charge in [-0.05, 0) is 31.4 Å². The number of sulfone groups is 1. The number of aryl methyl sites for hydroxylation is 2. The van der Waals surface area contributed by atoms with Crippen LogP contribution in [0.2, 0.25) is 0 Å². The zero-order valence-electron chi connectivity index (χ0n) is 20.3. The second-order valence-corrected chi connectivity index (χ2v) is 10.8. The van der Waals surface area contributed by atoms with Crippen LogP contribution in [0.4, 0.5) is 0 Å². The highest BCUT2D eigenvalue weighted by molar-refractivity contribution is 7.90. The topological polar surface area (TPSA) is 136 Å².